The van der Waals surface area contributed by atoms with Crippen LogP contribution in [0.25, 0.3) is 11.1 Å². The van der Waals surface area contributed by atoms with Crippen LogP contribution in [0.1, 0.15) is 0 Å². The van der Waals surface area contributed by atoms with Crippen molar-refractivity contribution in [2.24, 2.45) is 0 Å². The normalized spacial score (nSPS) is 13.2. The van der Waals surface area contributed by atoms with Crippen LogP contribution in [-0.4, -0.2) is 27.9 Å². The molecule has 2 aromatic rings. The van der Waals surface area contributed by atoms with E-state index in [1.54, 1.807) is 0 Å². The Labute approximate surface area is 193 Å². The first-order valence-corrected chi connectivity index (χ1v) is 12.0. The molecule has 0 heterocycles. The van der Waals surface area contributed by atoms with Crippen molar-refractivity contribution in [1.29, 1.82) is 0 Å². The van der Waals surface area contributed by atoms with E-state index in [9.17, 15) is 43.2 Å². The van der Waals surface area contributed by atoms with Crippen molar-refractivity contribution < 1.29 is 51.5 Å². The van der Waals surface area contributed by atoms with Gasteiger partial charge >= 0.3 is 31.3 Å². The molecule has 6 nitrogen and oxygen atoms in total. The van der Waals surface area contributed by atoms with E-state index in [2.05, 4.69) is 8.37 Å². The van der Waals surface area contributed by atoms with Gasteiger partial charge < -0.3 is 8.37 Å². The Bertz CT molecular complexity index is 1080. The molecule has 0 saturated carbocycles. The fourth-order valence-corrected chi connectivity index (χ4v) is 4.33. The van der Waals surface area contributed by atoms with Crippen molar-refractivity contribution >= 4 is 65.4 Å². The highest BCUT2D eigenvalue weighted by Gasteiger charge is 2.49. The van der Waals surface area contributed by atoms with E-state index in [0.29, 0.717) is 11.1 Å². The van der Waals surface area contributed by atoms with Gasteiger partial charge in [-0.3, -0.25) is 0 Å². The molecule has 0 radical (unpaired) electrons. The molecule has 2 rings (SSSR count). The number of hydrogen-bond acceptors (Lipinski definition) is 6. The highest BCUT2D eigenvalue weighted by atomic mass is 127. The van der Waals surface area contributed by atoms with E-state index in [-0.39, 0.29) is 7.14 Å². The summed E-state index contributed by atoms with van der Waals surface area (Å²) in [6, 6.07) is 6.88. The van der Waals surface area contributed by atoms with Crippen molar-refractivity contribution in [2.45, 2.75) is 11.0 Å². The minimum Gasteiger partial charge on any atom is -0.375 e. The van der Waals surface area contributed by atoms with E-state index in [1.165, 1.54) is 69.4 Å². The van der Waals surface area contributed by atoms with Crippen molar-refractivity contribution in [3.8, 4) is 22.6 Å². The lowest BCUT2D eigenvalue weighted by Gasteiger charge is -2.13. The summed E-state index contributed by atoms with van der Waals surface area (Å²) in [4.78, 5) is 0. The molecular formula is C14H6F6I2O6S2. The third kappa shape index (κ3) is 5.61. The van der Waals surface area contributed by atoms with Gasteiger partial charge in [-0.05, 0) is 80.6 Å². The Morgan fingerprint density at radius 3 is 1.17 bits per heavy atom. The SMILES string of the molecule is O=S(=O)(Oc1ccc(-c2ccc(OS(=O)(=O)C(F)(F)F)c(I)c2)cc1I)C(F)(F)F. The van der Waals surface area contributed by atoms with Gasteiger partial charge in [-0.2, -0.15) is 43.2 Å². The Hall–Kier alpha value is -1.02. The molecule has 0 amide bonds. The molecule has 0 atom stereocenters. The first-order valence-electron chi connectivity index (χ1n) is 7.05. The molecule has 0 aromatic heterocycles. The van der Waals surface area contributed by atoms with Crippen molar-refractivity contribution in [3.63, 3.8) is 0 Å². The van der Waals surface area contributed by atoms with Gasteiger partial charge in [-0.25, -0.2) is 0 Å². The standard InChI is InChI=1S/C14H6F6I2O6S2/c15-13(16,17)29(23,24)27-11-3-1-7(5-9(11)21)8-2-4-12(10(22)6-8)28-30(25,26)14(18,19)20/h1-6H. The van der Waals surface area contributed by atoms with Crippen LogP contribution in [0, 0.1) is 7.14 Å². The summed E-state index contributed by atoms with van der Waals surface area (Å²) < 4.78 is 127. The molecule has 166 valence electrons. The number of halogens is 8. The highest BCUT2D eigenvalue weighted by Crippen LogP contribution is 2.35. The molecule has 0 N–H and O–H groups in total. The van der Waals surface area contributed by atoms with Crippen LogP contribution < -0.4 is 8.37 Å². The van der Waals surface area contributed by atoms with Gasteiger partial charge in [0.05, 0.1) is 7.14 Å². The predicted molar refractivity (Wildman–Crippen MR) is 109 cm³/mol. The maximum atomic E-state index is 12.4. The Kier molecular flexibility index (Phi) is 7.14. The lowest BCUT2D eigenvalue weighted by molar-refractivity contribution is -0.0505. The quantitative estimate of drug-likeness (QED) is 0.189. The van der Waals surface area contributed by atoms with E-state index >= 15 is 0 Å². The molecular weight excluding hydrogens is 696 g/mol. The number of rotatable bonds is 5. The van der Waals surface area contributed by atoms with Gasteiger partial charge in [0.15, 0.2) is 11.5 Å². The minimum atomic E-state index is -5.86. The van der Waals surface area contributed by atoms with Crippen LogP contribution in [0.2, 0.25) is 0 Å². The van der Waals surface area contributed by atoms with Gasteiger partial charge in [0.1, 0.15) is 0 Å². The van der Waals surface area contributed by atoms with E-state index in [0.717, 1.165) is 12.1 Å². The van der Waals surface area contributed by atoms with E-state index in [4.69, 9.17) is 0 Å². The molecule has 30 heavy (non-hydrogen) atoms. The Morgan fingerprint density at radius 1 is 0.633 bits per heavy atom. The molecule has 0 spiro atoms. The lowest BCUT2D eigenvalue weighted by atomic mass is 10.1. The molecule has 0 fully saturated rings. The Morgan fingerprint density at radius 2 is 0.933 bits per heavy atom. The highest BCUT2D eigenvalue weighted by molar-refractivity contribution is 14.1. The van der Waals surface area contributed by atoms with Crippen molar-refractivity contribution in [3.05, 3.63) is 43.5 Å². The van der Waals surface area contributed by atoms with Crippen molar-refractivity contribution in [1.82, 2.24) is 0 Å². The average molecular weight is 702 g/mol. The molecule has 0 aliphatic rings. The fourth-order valence-electron chi connectivity index (χ4n) is 1.83. The molecule has 0 bridgehead atoms. The summed E-state index contributed by atoms with van der Waals surface area (Å²) in [5.41, 5.74) is -10.6. The molecule has 0 unspecified atom stereocenters. The summed E-state index contributed by atoms with van der Waals surface area (Å²) in [5, 5.41) is 0. The van der Waals surface area contributed by atoms with Gasteiger partial charge in [-0.15, -0.1) is 0 Å². The summed E-state index contributed by atoms with van der Waals surface area (Å²) in [6.07, 6.45) is 0. The second-order valence-electron chi connectivity index (χ2n) is 5.26. The van der Waals surface area contributed by atoms with Gasteiger partial charge in [0.2, 0.25) is 0 Å². The first kappa shape index (κ1) is 25.2. The van der Waals surface area contributed by atoms with Gasteiger partial charge in [-0.1, -0.05) is 12.1 Å². The zero-order valence-electron chi connectivity index (χ0n) is 13.8. The molecule has 2 aromatic carbocycles. The van der Waals surface area contributed by atoms with Crippen LogP contribution in [0.5, 0.6) is 11.5 Å². The minimum absolute atomic E-state index is 0.00657. The van der Waals surface area contributed by atoms with Crippen LogP contribution in [0.15, 0.2) is 36.4 Å². The van der Waals surface area contributed by atoms with Crippen LogP contribution >= 0.6 is 45.2 Å². The van der Waals surface area contributed by atoms with E-state index in [1.807, 2.05) is 0 Å². The smallest absolute Gasteiger partial charge is 0.375 e. The zero-order valence-corrected chi connectivity index (χ0v) is 19.7. The Balaban J connectivity index is 2.33. The molecule has 16 heteroatoms. The summed E-state index contributed by atoms with van der Waals surface area (Å²) in [6.45, 7) is 0. The van der Waals surface area contributed by atoms with Gasteiger partial charge in [0.25, 0.3) is 0 Å². The summed E-state index contributed by atoms with van der Waals surface area (Å²) >= 11 is 3.07. The molecule has 0 saturated heterocycles. The third-order valence-corrected chi connectivity index (χ3v) is 6.78. The van der Waals surface area contributed by atoms with Crippen LogP contribution in [-0.2, 0) is 20.2 Å². The molecule has 0 aliphatic carbocycles. The summed E-state index contributed by atoms with van der Waals surface area (Å²) in [7, 11) is -11.7. The average Bonchev–Trinajstić information content (AvgIpc) is 2.56. The second-order valence-corrected chi connectivity index (χ2v) is 10.7. The number of alkyl halides is 6. The van der Waals surface area contributed by atoms with Crippen LogP contribution in [0.3, 0.4) is 0 Å². The maximum absolute atomic E-state index is 12.4. The largest absolute Gasteiger partial charge is 0.534 e. The first-order chi connectivity index (χ1) is 13.4. The monoisotopic (exact) mass is 702 g/mol. The fraction of sp³-hybridized carbons (Fsp3) is 0.143. The topological polar surface area (TPSA) is 86.7 Å². The predicted octanol–water partition coefficient (Wildman–Crippen LogP) is 5.02. The maximum Gasteiger partial charge on any atom is 0.534 e. The lowest BCUT2D eigenvalue weighted by Crippen LogP contribution is -2.28. The van der Waals surface area contributed by atoms with Crippen molar-refractivity contribution in [2.75, 3.05) is 0 Å². The molecule has 0 aliphatic heterocycles. The van der Waals surface area contributed by atoms with Gasteiger partial charge in [0, 0.05) is 0 Å². The summed E-state index contributed by atoms with van der Waals surface area (Å²) in [5.74, 6) is -1.16. The zero-order chi connectivity index (χ0) is 23.1. The second kappa shape index (κ2) is 8.49. The van der Waals surface area contributed by atoms with Crippen LogP contribution in [0.4, 0.5) is 26.3 Å². The number of hydrogen-bond donors (Lipinski definition) is 0. The third-order valence-electron chi connectivity index (χ3n) is 3.16. The van der Waals surface area contributed by atoms with E-state index < -0.39 is 42.8 Å². The number of benzene rings is 2.